The third-order valence-corrected chi connectivity index (χ3v) is 3.24. The number of methoxy groups -OCH3 is 1. The van der Waals surface area contributed by atoms with Gasteiger partial charge in [0.2, 0.25) is 0 Å². The van der Waals surface area contributed by atoms with Gasteiger partial charge < -0.3 is 10.5 Å². The van der Waals surface area contributed by atoms with E-state index in [1.54, 1.807) is 7.11 Å². The zero-order valence-corrected chi connectivity index (χ0v) is 9.31. The van der Waals surface area contributed by atoms with Crippen LogP contribution in [0.2, 0.25) is 0 Å². The van der Waals surface area contributed by atoms with Crippen molar-refractivity contribution >= 4 is 5.82 Å². The highest BCUT2D eigenvalue weighted by molar-refractivity contribution is 5.31. The van der Waals surface area contributed by atoms with Gasteiger partial charge in [-0.3, -0.25) is 0 Å². The monoisotopic (exact) mass is 210 g/mol. The van der Waals surface area contributed by atoms with E-state index in [9.17, 15) is 0 Å². The predicted molar refractivity (Wildman–Crippen MR) is 57.5 cm³/mol. The van der Waals surface area contributed by atoms with E-state index >= 15 is 0 Å². The van der Waals surface area contributed by atoms with Crippen molar-refractivity contribution in [3.05, 3.63) is 5.69 Å². The molecule has 5 nitrogen and oxygen atoms in total. The fourth-order valence-electron chi connectivity index (χ4n) is 2.26. The van der Waals surface area contributed by atoms with Crippen LogP contribution in [0.15, 0.2) is 0 Å². The third-order valence-electron chi connectivity index (χ3n) is 3.24. The first-order valence-corrected chi connectivity index (χ1v) is 5.42. The van der Waals surface area contributed by atoms with Gasteiger partial charge in [0.05, 0.1) is 17.8 Å². The summed E-state index contributed by atoms with van der Waals surface area (Å²) in [6.45, 7) is 1.96. The van der Waals surface area contributed by atoms with Gasteiger partial charge >= 0.3 is 0 Å². The molecule has 1 aliphatic carbocycles. The minimum Gasteiger partial charge on any atom is -0.381 e. The molecule has 0 spiro atoms. The Bertz CT molecular complexity index is 336. The highest BCUT2D eigenvalue weighted by Gasteiger charge is 2.25. The van der Waals surface area contributed by atoms with Crippen LogP contribution in [-0.2, 0) is 4.74 Å². The Morgan fingerprint density at radius 3 is 2.87 bits per heavy atom. The van der Waals surface area contributed by atoms with Crippen molar-refractivity contribution in [3.8, 4) is 0 Å². The fraction of sp³-hybridized carbons (Fsp3) is 0.800. The summed E-state index contributed by atoms with van der Waals surface area (Å²) in [4.78, 5) is 0. The maximum absolute atomic E-state index is 5.69. The standard InChI is InChI=1S/C10H18N4O/c1-7-10(11)12-13-14(7)8-4-3-5-9(6-8)15-2/h8-9H,3-6,11H2,1-2H3. The molecule has 1 aliphatic rings. The van der Waals surface area contributed by atoms with Crippen molar-refractivity contribution in [3.63, 3.8) is 0 Å². The maximum Gasteiger partial charge on any atom is 0.168 e. The van der Waals surface area contributed by atoms with E-state index in [4.69, 9.17) is 10.5 Å². The molecule has 0 aromatic carbocycles. The van der Waals surface area contributed by atoms with Crippen molar-refractivity contribution in [2.24, 2.45) is 0 Å². The third kappa shape index (κ3) is 1.97. The lowest BCUT2D eigenvalue weighted by molar-refractivity contribution is 0.0501. The molecule has 2 atom stereocenters. The second-order valence-corrected chi connectivity index (χ2v) is 4.18. The number of anilines is 1. The summed E-state index contributed by atoms with van der Waals surface area (Å²) in [5, 5.41) is 7.99. The molecular formula is C10H18N4O. The molecule has 15 heavy (non-hydrogen) atoms. The van der Waals surface area contributed by atoms with Crippen molar-refractivity contribution in [2.75, 3.05) is 12.8 Å². The molecule has 0 aliphatic heterocycles. The Balaban J connectivity index is 2.13. The Kier molecular flexibility index (Phi) is 2.90. The second kappa shape index (κ2) is 4.18. The Morgan fingerprint density at radius 2 is 2.27 bits per heavy atom. The molecule has 1 aromatic heterocycles. The van der Waals surface area contributed by atoms with Crippen LogP contribution in [0.3, 0.4) is 0 Å². The van der Waals surface area contributed by atoms with E-state index < -0.39 is 0 Å². The van der Waals surface area contributed by atoms with Crippen LogP contribution >= 0.6 is 0 Å². The Hall–Kier alpha value is -1.10. The first-order chi connectivity index (χ1) is 7.22. The zero-order valence-electron chi connectivity index (χ0n) is 9.31. The summed E-state index contributed by atoms with van der Waals surface area (Å²) < 4.78 is 7.34. The summed E-state index contributed by atoms with van der Waals surface area (Å²) in [6, 6.07) is 0.397. The number of rotatable bonds is 2. The molecule has 0 saturated heterocycles. The number of nitrogens with two attached hydrogens (primary N) is 1. The first kappa shape index (κ1) is 10.4. The molecular weight excluding hydrogens is 192 g/mol. The Labute approximate surface area is 89.6 Å². The van der Waals surface area contributed by atoms with Crippen molar-refractivity contribution < 1.29 is 4.74 Å². The number of nitrogens with zero attached hydrogens (tertiary/aromatic N) is 3. The van der Waals surface area contributed by atoms with Gasteiger partial charge in [-0.25, -0.2) is 4.68 Å². The minimum atomic E-state index is 0.355. The number of ether oxygens (including phenoxy) is 1. The lowest BCUT2D eigenvalue weighted by atomic mass is 9.93. The molecule has 0 bridgehead atoms. The average molecular weight is 210 g/mol. The lowest BCUT2D eigenvalue weighted by Gasteiger charge is -2.28. The molecule has 0 radical (unpaired) electrons. The molecule has 2 rings (SSSR count). The molecule has 5 heteroatoms. The molecule has 2 N–H and O–H groups in total. The number of aromatic nitrogens is 3. The number of nitrogen functional groups attached to an aromatic ring is 1. The van der Waals surface area contributed by atoms with Gasteiger partial charge in [0.25, 0.3) is 0 Å². The Morgan fingerprint density at radius 1 is 1.47 bits per heavy atom. The average Bonchev–Trinajstić information content (AvgIpc) is 2.60. The highest BCUT2D eigenvalue weighted by Crippen LogP contribution is 2.30. The predicted octanol–water partition coefficient (Wildman–Crippen LogP) is 1.30. The summed E-state index contributed by atoms with van der Waals surface area (Å²) in [7, 11) is 1.77. The van der Waals surface area contributed by atoms with E-state index in [0.717, 1.165) is 25.0 Å². The van der Waals surface area contributed by atoms with Crippen molar-refractivity contribution in [1.29, 1.82) is 0 Å². The van der Waals surface area contributed by atoms with Crippen LogP contribution in [0.5, 0.6) is 0 Å². The number of hydrogen-bond donors (Lipinski definition) is 1. The van der Waals surface area contributed by atoms with Gasteiger partial charge in [0.15, 0.2) is 5.82 Å². The quantitative estimate of drug-likeness (QED) is 0.799. The van der Waals surface area contributed by atoms with Gasteiger partial charge in [-0.2, -0.15) is 0 Å². The lowest BCUT2D eigenvalue weighted by Crippen LogP contribution is -2.25. The van der Waals surface area contributed by atoms with Gasteiger partial charge in [-0.05, 0) is 32.6 Å². The first-order valence-electron chi connectivity index (χ1n) is 5.42. The molecule has 84 valence electrons. The molecule has 1 heterocycles. The smallest absolute Gasteiger partial charge is 0.168 e. The summed E-state index contributed by atoms with van der Waals surface area (Å²) in [5.74, 6) is 0.537. The van der Waals surface area contributed by atoms with Crippen LogP contribution < -0.4 is 5.73 Å². The molecule has 2 unspecified atom stereocenters. The summed E-state index contributed by atoms with van der Waals surface area (Å²) in [5.41, 5.74) is 6.66. The molecule has 1 saturated carbocycles. The normalized spacial score (nSPS) is 26.8. The largest absolute Gasteiger partial charge is 0.381 e. The van der Waals surface area contributed by atoms with Crippen LogP contribution in [0.1, 0.15) is 37.4 Å². The van der Waals surface area contributed by atoms with Gasteiger partial charge in [0.1, 0.15) is 0 Å². The summed E-state index contributed by atoms with van der Waals surface area (Å²) in [6.07, 6.45) is 4.84. The van der Waals surface area contributed by atoms with E-state index in [-0.39, 0.29) is 0 Å². The van der Waals surface area contributed by atoms with E-state index in [1.165, 1.54) is 6.42 Å². The van der Waals surface area contributed by atoms with Gasteiger partial charge in [0, 0.05) is 7.11 Å². The summed E-state index contributed by atoms with van der Waals surface area (Å²) >= 11 is 0. The van der Waals surface area contributed by atoms with E-state index in [1.807, 2.05) is 11.6 Å². The van der Waals surface area contributed by atoms with E-state index in [2.05, 4.69) is 10.3 Å². The fourth-order valence-corrected chi connectivity index (χ4v) is 2.26. The van der Waals surface area contributed by atoms with Crippen LogP contribution in [0.25, 0.3) is 0 Å². The van der Waals surface area contributed by atoms with Crippen molar-refractivity contribution in [2.45, 2.75) is 44.8 Å². The van der Waals surface area contributed by atoms with Gasteiger partial charge in [-0.15, -0.1) is 5.10 Å². The van der Waals surface area contributed by atoms with Crippen LogP contribution in [0.4, 0.5) is 5.82 Å². The van der Waals surface area contributed by atoms with Crippen LogP contribution in [-0.4, -0.2) is 28.2 Å². The second-order valence-electron chi connectivity index (χ2n) is 4.18. The minimum absolute atomic E-state index is 0.355. The SMILES string of the molecule is COC1CCCC(n2nnc(N)c2C)C1. The van der Waals surface area contributed by atoms with Gasteiger partial charge in [-0.1, -0.05) is 5.21 Å². The zero-order chi connectivity index (χ0) is 10.8. The van der Waals surface area contributed by atoms with Crippen molar-refractivity contribution in [1.82, 2.24) is 15.0 Å². The number of hydrogen-bond acceptors (Lipinski definition) is 4. The molecule has 1 aromatic rings. The topological polar surface area (TPSA) is 66.0 Å². The maximum atomic E-state index is 5.69. The van der Waals surface area contributed by atoms with Crippen LogP contribution in [0, 0.1) is 6.92 Å². The molecule has 0 amide bonds. The molecule has 1 fully saturated rings. The highest BCUT2D eigenvalue weighted by atomic mass is 16.5. The van der Waals surface area contributed by atoms with E-state index in [0.29, 0.717) is 18.0 Å².